The zero-order chi connectivity index (χ0) is 19.2. The number of carbonyl (C=O) groups excluding carboxylic acids is 1. The molecule has 3 aromatic rings. The quantitative estimate of drug-likeness (QED) is 0.691. The Hall–Kier alpha value is -3.68. The lowest BCUT2D eigenvalue weighted by atomic mass is 10.2. The molecule has 2 N–H and O–H groups in total. The topological polar surface area (TPSA) is 85.4 Å². The lowest BCUT2D eigenvalue weighted by molar-refractivity contribution is 0.102. The number of hydrogen-bond acceptors (Lipinski definition) is 6. The number of halogens is 1. The van der Waals surface area contributed by atoms with E-state index >= 15 is 0 Å². The van der Waals surface area contributed by atoms with Crippen LogP contribution in [-0.4, -0.2) is 30.1 Å². The summed E-state index contributed by atoms with van der Waals surface area (Å²) in [5.41, 5.74) is 1.24. The highest BCUT2D eigenvalue weighted by molar-refractivity contribution is 6.03. The Morgan fingerprint density at radius 3 is 2.48 bits per heavy atom. The fraction of sp³-hybridized carbons (Fsp3) is 0.105. The van der Waals surface area contributed by atoms with Crippen molar-refractivity contribution in [2.45, 2.75) is 0 Å². The molecule has 2 aromatic carbocycles. The number of nitrogens with zero attached hydrogens (tertiary/aromatic N) is 2. The highest BCUT2D eigenvalue weighted by Gasteiger charge is 2.11. The van der Waals surface area contributed by atoms with Gasteiger partial charge in [-0.25, -0.2) is 14.4 Å². The number of nitrogens with one attached hydrogen (secondary N) is 2. The summed E-state index contributed by atoms with van der Waals surface area (Å²) in [7, 11) is 3.11. The summed E-state index contributed by atoms with van der Waals surface area (Å²) in [6, 6.07) is 12.2. The summed E-state index contributed by atoms with van der Waals surface area (Å²) in [4.78, 5) is 20.5. The average molecular weight is 368 g/mol. The van der Waals surface area contributed by atoms with Crippen LogP contribution in [0.2, 0.25) is 0 Å². The van der Waals surface area contributed by atoms with Crippen molar-refractivity contribution in [3.05, 3.63) is 66.4 Å². The summed E-state index contributed by atoms with van der Waals surface area (Å²) in [5, 5.41) is 5.73. The van der Waals surface area contributed by atoms with E-state index in [1.165, 1.54) is 36.7 Å². The molecular formula is C19H17FN4O3. The zero-order valence-corrected chi connectivity index (χ0v) is 14.7. The number of anilines is 3. The number of benzene rings is 2. The predicted molar refractivity (Wildman–Crippen MR) is 99.2 cm³/mol. The fourth-order valence-electron chi connectivity index (χ4n) is 2.33. The molecule has 0 bridgehead atoms. The lowest BCUT2D eigenvalue weighted by Gasteiger charge is -2.12. The van der Waals surface area contributed by atoms with Crippen molar-refractivity contribution in [3.63, 3.8) is 0 Å². The lowest BCUT2D eigenvalue weighted by Crippen LogP contribution is -2.14. The molecule has 7 nitrogen and oxygen atoms in total. The maximum atomic E-state index is 13.0. The van der Waals surface area contributed by atoms with Crippen molar-refractivity contribution in [1.82, 2.24) is 9.97 Å². The summed E-state index contributed by atoms with van der Waals surface area (Å²) < 4.78 is 23.5. The molecule has 138 valence electrons. The van der Waals surface area contributed by atoms with E-state index in [0.717, 1.165) is 0 Å². The molecule has 0 radical (unpaired) electrons. The van der Waals surface area contributed by atoms with E-state index in [0.29, 0.717) is 28.7 Å². The van der Waals surface area contributed by atoms with Gasteiger partial charge in [-0.3, -0.25) is 4.79 Å². The SMILES string of the molecule is COc1ccc(OC)c(Nc2cc(C(=O)Nc3ccc(F)cc3)ncn2)c1. The number of methoxy groups -OCH3 is 2. The molecule has 1 heterocycles. The van der Waals surface area contributed by atoms with E-state index in [1.807, 2.05) is 0 Å². The normalized spacial score (nSPS) is 10.2. The molecule has 0 fully saturated rings. The maximum Gasteiger partial charge on any atom is 0.274 e. The molecule has 0 aliphatic rings. The third kappa shape index (κ3) is 4.49. The highest BCUT2D eigenvalue weighted by Crippen LogP contribution is 2.31. The van der Waals surface area contributed by atoms with E-state index in [-0.39, 0.29) is 11.5 Å². The fourth-order valence-corrected chi connectivity index (χ4v) is 2.33. The van der Waals surface area contributed by atoms with Gasteiger partial charge < -0.3 is 20.1 Å². The van der Waals surface area contributed by atoms with Gasteiger partial charge in [-0.1, -0.05) is 0 Å². The molecule has 8 heteroatoms. The zero-order valence-electron chi connectivity index (χ0n) is 14.7. The van der Waals surface area contributed by atoms with Crippen molar-refractivity contribution >= 4 is 23.1 Å². The summed E-state index contributed by atoms with van der Waals surface area (Å²) in [6.45, 7) is 0. The largest absolute Gasteiger partial charge is 0.497 e. The maximum absolute atomic E-state index is 13.0. The molecule has 1 aromatic heterocycles. The number of carbonyl (C=O) groups is 1. The highest BCUT2D eigenvalue weighted by atomic mass is 19.1. The van der Waals surface area contributed by atoms with Gasteiger partial charge in [-0.15, -0.1) is 0 Å². The van der Waals surface area contributed by atoms with Gasteiger partial charge in [0.25, 0.3) is 5.91 Å². The molecule has 0 saturated heterocycles. The molecule has 3 rings (SSSR count). The second-order valence-electron chi connectivity index (χ2n) is 5.44. The first-order valence-electron chi connectivity index (χ1n) is 7.97. The van der Waals surface area contributed by atoms with Gasteiger partial charge in [-0.05, 0) is 36.4 Å². The van der Waals surface area contributed by atoms with E-state index in [2.05, 4.69) is 20.6 Å². The van der Waals surface area contributed by atoms with Crippen LogP contribution < -0.4 is 20.1 Å². The Morgan fingerprint density at radius 2 is 1.78 bits per heavy atom. The third-order valence-corrected chi connectivity index (χ3v) is 3.67. The molecule has 27 heavy (non-hydrogen) atoms. The summed E-state index contributed by atoms with van der Waals surface area (Å²) in [6.07, 6.45) is 1.27. The number of rotatable bonds is 6. The molecule has 0 aliphatic carbocycles. The van der Waals surface area contributed by atoms with Crippen LogP contribution >= 0.6 is 0 Å². The summed E-state index contributed by atoms with van der Waals surface area (Å²) >= 11 is 0. The predicted octanol–water partition coefficient (Wildman–Crippen LogP) is 3.63. The van der Waals surface area contributed by atoms with Gasteiger partial charge in [0, 0.05) is 17.8 Å². The van der Waals surface area contributed by atoms with Gasteiger partial charge >= 0.3 is 0 Å². The van der Waals surface area contributed by atoms with Crippen LogP contribution in [0.1, 0.15) is 10.5 Å². The van der Waals surface area contributed by atoms with Gasteiger partial charge in [-0.2, -0.15) is 0 Å². The molecule has 0 unspecified atom stereocenters. The third-order valence-electron chi connectivity index (χ3n) is 3.67. The second kappa shape index (κ2) is 8.13. The molecule has 1 amide bonds. The van der Waals surface area contributed by atoms with Gasteiger partial charge in [0.2, 0.25) is 0 Å². The van der Waals surface area contributed by atoms with Gasteiger partial charge in [0.05, 0.1) is 19.9 Å². The van der Waals surface area contributed by atoms with Crippen LogP contribution in [0.25, 0.3) is 0 Å². The van der Waals surface area contributed by atoms with Crippen LogP contribution in [0.4, 0.5) is 21.6 Å². The minimum atomic E-state index is -0.440. The van der Waals surface area contributed by atoms with Crippen LogP contribution in [-0.2, 0) is 0 Å². The molecule has 0 saturated carbocycles. The Bertz CT molecular complexity index is 948. The standard InChI is InChI=1S/C19H17FN4O3/c1-26-14-7-8-17(27-2)15(9-14)24-18-10-16(21-11-22-18)19(25)23-13-5-3-12(20)4-6-13/h3-11H,1-2H3,(H,23,25)(H,21,22,24). The van der Waals surface area contributed by atoms with Crippen molar-refractivity contribution < 1.29 is 18.7 Å². The van der Waals surface area contributed by atoms with Crippen LogP contribution in [0, 0.1) is 5.82 Å². The number of amides is 1. The average Bonchev–Trinajstić information content (AvgIpc) is 2.70. The van der Waals surface area contributed by atoms with Gasteiger partial charge in [0.15, 0.2) is 0 Å². The Labute approximate surface area is 155 Å². The Balaban J connectivity index is 1.79. The second-order valence-corrected chi connectivity index (χ2v) is 5.44. The van der Waals surface area contributed by atoms with E-state index in [1.54, 1.807) is 32.4 Å². The molecule has 0 aliphatic heterocycles. The minimum absolute atomic E-state index is 0.152. The first-order valence-corrected chi connectivity index (χ1v) is 7.97. The van der Waals surface area contributed by atoms with Crippen LogP contribution in [0.3, 0.4) is 0 Å². The Kier molecular flexibility index (Phi) is 5.46. The van der Waals surface area contributed by atoms with Crippen molar-refractivity contribution in [2.24, 2.45) is 0 Å². The van der Waals surface area contributed by atoms with Crippen LogP contribution in [0.15, 0.2) is 54.9 Å². The summed E-state index contributed by atoms with van der Waals surface area (Å²) in [5.74, 6) is 0.813. The molecule has 0 atom stereocenters. The van der Waals surface area contributed by atoms with Gasteiger partial charge in [0.1, 0.15) is 35.2 Å². The van der Waals surface area contributed by atoms with E-state index < -0.39 is 5.91 Å². The number of aromatic nitrogens is 2. The minimum Gasteiger partial charge on any atom is -0.497 e. The first-order chi connectivity index (χ1) is 13.1. The van der Waals surface area contributed by atoms with Crippen LogP contribution in [0.5, 0.6) is 11.5 Å². The number of hydrogen-bond donors (Lipinski definition) is 2. The van der Waals surface area contributed by atoms with E-state index in [4.69, 9.17) is 9.47 Å². The first kappa shape index (κ1) is 18.1. The number of ether oxygens (including phenoxy) is 2. The molecule has 0 spiro atoms. The smallest absolute Gasteiger partial charge is 0.274 e. The Morgan fingerprint density at radius 1 is 1.00 bits per heavy atom. The monoisotopic (exact) mass is 368 g/mol. The van der Waals surface area contributed by atoms with Crippen molar-refractivity contribution in [2.75, 3.05) is 24.9 Å². The van der Waals surface area contributed by atoms with Crippen molar-refractivity contribution in [1.29, 1.82) is 0 Å². The van der Waals surface area contributed by atoms with E-state index in [9.17, 15) is 9.18 Å². The molecular weight excluding hydrogens is 351 g/mol. The van der Waals surface area contributed by atoms with Crippen molar-refractivity contribution in [3.8, 4) is 11.5 Å².